The number of hydrogen-bond donors (Lipinski definition) is 2. The van der Waals surface area contributed by atoms with Gasteiger partial charge in [0.05, 0.1) is 0 Å². The van der Waals surface area contributed by atoms with E-state index in [-0.39, 0.29) is 5.91 Å². The Balaban J connectivity index is 2.33. The van der Waals surface area contributed by atoms with Crippen LogP contribution in [0.3, 0.4) is 0 Å². The van der Waals surface area contributed by atoms with E-state index in [0.29, 0.717) is 5.70 Å². The fourth-order valence-corrected chi connectivity index (χ4v) is 2.22. The standard InChI is InChI=1S/C15H17NO3/c1-11(17)16-13-8-9-15(19-2,14(18)10-13)12-6-4-3-5-7-12/h3-10,14,18H,1-2H3,(H,16,17). The van der Waals surface area contributed by atoms with Crippen molar-refractivity contribution >= 4 is 5.91 Å². The number of carbonyl (C=O) groups excluding carboxylic acids is 1. The van der Waals surface area contributed by atoms with Crippen molar-refractivity contribution in [2.24, 2.45) is 0 Å². The van der Waals surface area contributed by atoms with Crippen molar-refractivity contribution in [2.45, 2.75) is 18.6 Å². The minimum Gasteiger partial charge on any atom is -0.385 e. The lowest BCUT2D eigenvalue weighted by molar-refractivity contribution is -0.118. The van der Waals surface area contributed by atoms with Crippen molar-refractivity contribution in [3.05, 3.63) is 59.8 Å². The summed E-state index contributed by atoms with van der Waals surface area (Å²) in [4.78, 5) is 11.0. The van der Waals surface area contributed by atoms with E-state index in [2.05, 4.69) is 5.32 Å². The second-order valence-corrected chi connectivity index (χ2v) is 4.44. The van der Waals surface area contributed by atoms with Crippen LogP contribution in [0.4, 0.5) is 0 Å². The van der Waals surface area contributed by atoms with E-state index in [0.717, 1.165) is 5.56 Å². The summed E-state index contributed by atoms with van der Waals surface area (Å²) in [5.74, 6) is -0.173. The minimum absolute atomic E-state index is 0.173. The van der Waals surface area contributed by atoms with E-state index in [1.165, 1.54) is 6.92 Å². The fraction of sp³-hybridized carbons (Fsp3) is 0.267. The van der Waals surface area contributed by atoms with Crippen LogP contribution in [0, 0.1) is 0 Å². The molecule has 0 bridgehead atoms. The van der Waals surface area contributed by atoms with Gasteiger partial charge in [-0.15, -0.1) is 0 Å². The van der Waals surface area contributed by atoms with Gasteiger partial charge in [0, 0.05) is 19.7 Å². The van der Waals surface area contributed by atoms with E-state index in [9.17, 15) is 9.90 Å². The quantitative estimate of drug-likeness (QED) is 0.864. The molecule has 0 spiro atoms. The molecule has 1 aliphatic rings. The van der Waals surface area contributed by atoms with E-state index in [1.807, 2.05) is 30.3 Å². The van der Waals surface area contributed by atoms with Crippen LogP contribution in [0.15, 0.2) is 54.3 Å². The fourth-order valence-electron chi connectivity index (χ4n) is 2.22. The zero-order valence-electron chi connectivity index (χ0n) is 11.0. The van der Waals surface area contributed by atoms with Crippen molar-refractivity contribution in [3.8, 4) is 0 Å². The molecule has 1 amide bonds. The number of carbonyl (C=O) groups is 1. The predicted molar refractivity (Wildman–Crippen MR) is 72.2 cm³/mol. The van der Waals surface area contributed by atoms with Crippen molar-refractivity contribution in [1.82, 2.24) is 5.32 Å². The maximum absolute atomic E-state index is 11.0. The zero-order chi connectivity index (χ0) is 13.9. The molecule has 0 radical (unpaired) electrons. The Morgan fingerprint density at radius 1 is 1.37 bits per heavy atom. The molecule has 0 saturated heterocycles. The number of methoxy groups -OCH3 is 1. The highest BCUT2D eigenvalue weighted by atomic mass is 16.5. The SMILES string of the molecule is COC1(c2ccccc2)C=CC(NC(C)=O)=CC1O. The monoisotopic (exact) mass is 259 g/mol. The van der Waals surface area contributed by atoms with Crippen molar-refractivity contribution in [3.63, 3.8) is 0 Å². The third kappa shape index (κ3) is 2.59. The summed E-state index contributed by atoms with van der Waals surface area (Å²) in [6, 6.07) is 9.49. The Kier molecular flexibility index (Phi) is 3.83. The number of allylic oxidation sites excluding steroid dienone is 1. The normalized spacial score (nSPS) is 25.8. The molecule has 2 unspecified atom stereocenters. The highest BCUT2D eigenvalue weighted by molar-refractivity contribution is 5.75. The lowest BCUT2D eigenvalue weighted by Crippen LogP contribution is -2.41. The molecule has 0 aliphatic heterocycles. The molecule has 4 nitrogen and oxygen atoms in total. The van der Waals surface area contributed by atoms with Crippen LogP contribution in [0.2, 0.25) is 0 Å². The highest BCUT2D eigenvalue weighted by Crippen LogP contribution is 2.34. The first-order chi connectivity index (χ1) is 9.08. The number of hydrogen-bond acceptors (Lipinski definition) is 3. The summed E-state index contributed by atoms with van der Waals surface area (Å²) >= 11 is 0. The van der Waals surface area contributed by atoms with Crippen LogP contribution in [-0.4, -0.2) is 24.2 Å². The number of aliphatic hydroxyl groups is 1. The molecule has 0 aromatic heterocycles. The van der Waals surface area contributed by atoms with Crippen molar-refractivity contribution < 1.29 is 14.6 Å². The molecule has 1 aliphatic carbocycles. The average Bonchev–Trinajstić information content (AvgIpc) is 2.40. The predicted octanol–water partition coefficient (Wildman–Crippen LogP) is 1.48. The smallest absolute Gasteiger partial charge is 0.221 e. The molecule has 100 valence electrons. The van der Waals surface area contributed by atoms with Gasteiger partial charge >= 0.3 is 0 Å². The van der Waals surface area contributed by atoms with Crippen LogP contribution in [0.1, 0.15) is 12.5 Å². The van der Waals surface area contributed by atoms with E-state index < -0.39 is 11.7 Å². The summed E-state index contributed by atoms with van der Waals surface area (Å²) in [7, 11) is 1.55. The van der Waals surface area contributed by atoms with E-state index in [1.54, 1.807) is 25.3 Å². The summed E-state index contributed by atoms with van der Waals surface area (Å²) in [5.41, 5.74) is 0.520. The first-order valence-electron chi connectivity index (χ1n) is 6.06. The Bertz CT molecular complexity index is 521. The second-order valence-electron chi connectivity index (χ2n) is 4.44. The van der Waals surface area contributed by atoms with Gasteiger partial charge in [-0.05, 0) is 23.8 Å². The lowest BCUT2D eigenvalue weighted by atomic mass is 9.84. The number of amides is 1. The molecule has 2 N–H and O–H groups in total. The van der Waals surface area contributed by atoms with E-state index in [4.69, 9.17) is 4.74 Å². The molecule has 2 rings (SSSR count). The third-order valence-corrected chi connectivity index (χ3v) is 3.17. The van der Waals surface area contributed by atoms with E-state index >= 15 is 0 Å². The number of rotatable bonds is 3. The Hall–Kier alpha value is -1.91. The van der Waals surface area contributed by atoms with Gasteiger partial charge in [-0.25, -0.2) is 0 Å². The van der Waals surface area contributed by atoms with Crippen LogP contribution in [-0.2, 0) is 15.1 Å². The summed E-state index contributed by atoms with van der Waals surface area (Å²) in [5, 5.41) is 13.0. The van der Waals surface area contributed by atoms with Gasteiger partial charge in [0.1, 0.15) is 11.7 Å². The summed E-state index contributed by atoms with van der Waals surface area (Å²) in [6.07, 6.45) is 4.22. The third-order valence-electron chi connectivity index (χ3n) is 3.17. The van der Waals surface area contributed by atoms with Gasteiger partial charge in [-0.2, -0.15) is 0 Å². The largest absolute Gasteiger partial charge is 0.385 e. The minimum atomic E-state index is -0.913. The zero-order valence-corrected chi connectivity index (χ0v) is 11.0. The van der Waals surface area contributed by atoms with Gasteiger partial charge in [-0.3, -0.25) is 4.79 Å². The van der Waals surface area contributed by atoms with Gasteiger partial charge in [0.2, 0.25) is 5.91 Å². The molecule has 2 atom stereocenters. The Morgan fingerprint density at radius 3 is 2.58 bits per heavy atom. The second kappa shape index (κ2) is 5.38. The molecule has 1 aromatic rings. The molecule has 0 heterocycles. The number of ether oxygens (including phenoxy) is 1. The van der Waals surface area contributed by atoms with Gasteiger partial charge in [-0.1, -0.05) is 30.3 Å². The molecule has 4 heteroatoms. The molecule has 19 heavy (non-hydrogen) atoms. The van der Waals surface area contributed by atoms with Gasteiger partial charge < -0.3 is 15.2 Å². The molecule has 1 aromatic carbocycles. The number of nitrogens with one attached hydrogen (secondary N) is 1. The summed E-state index contributed by atoms with van der Waals surface area (Å²) < 4.78 is 5.54. The Labute approximate surface area is 112 Å². The highest BCUT2D eigenvalue weighted by Gasteiger charge is 2.38. The average molecular weight is 259 g/mol. The maximum Gasteiger partial charge on any atom is 0.221 e. The Morgan fingerprint density at radius 2 is 2.05 bits per heavy atom. The topological polar surface area (TPSA) is 58.6 Å². The number of benzene rings is 1. The van der Waals surface area contributed by atoms with Crippen LogP contribution in [0.25, 0.3) is 0 Å². The van der Waals surface area contributed by atoms with Crippen LogP contribution in [0.5, 0.6) is 0 Å². The van der Waals surface area contributed by atoms with Crippen molar-refractivity contribution in [1.29, 1.82) is 0 Å². The van der Waals surface area contributed by atoms with Crippen LogP contribution >= 0.6 is 0 Å². The number of aliphatic hydroxyl groups excluding tert-OH is 1. The molecular formula is C15H17NO3. The maximum atomic E-state index is 11.0. The first-order valence-corrected chi connectivity index (χ1v) is 6.06. The van der Waals surface area contributed by atoms with Crippen LogP contribution < -0.4 is 5.32 Å². The first kappa shape index (κ1) is 13.5. The lowest BCUT2D eigenvalue weighted by Gasteiger charge is -2.35. The molecule has 0 saturated carbocycles. The van der Waals surface area contributed by atoms with Gasteiger partial charge in [0.15, 0.2) is 0 Å². The van der Waals surface area contributed by atoms with Gasteiger partial charge in [0.25, 0.3) is 0 Å². The van der Waals surface area contributed by atoms with Crippen molar-refractivity contribution in [2.75, 3.05) is 7.11 Å². The molecular weight excluding hydrogens is 242 g/mol. The summed E-state index contributed by atoms with van der Waals surface area (Å²) in [6.45, 7) is 1.43. The molecule has 0 fully saturated rings.